The molecule has 0 spiro atoms. The van der Waals surface area contributed by atoms with Crippen molar-refractivity contribution in [3.63, 3.8) is 0 Å². The minimum atomic E-state index is 0.471. The molecule has 0 aliphatic heterocycles. The Bertz CT molecular complexity index is 398. The van der Waals surface area contributed by atoms with Crippen molar-refractivity contribution in [1.29, 1.82) is 0 Å². The molecule has 1 aromatic rings. The predicted molar refractivity (Wildman–Crippen MR) is 75.0 cm³/mol. The van der Waals surface area contributed by atoms with Crippen LogP contribution >= 0.6 is 0 Å². The number of rotatable bonds is 3. The number of hydrogen-bond acceptors (Lipinski definition) is 1. The lowest BCUT2D eigenvalue weighted by Gasteiger charge is -2.28. The van der Waals surface area contributed by atoms with Crippen LogP contribution < -0.4 is 4.74 Å². The molecule has 2 bridgehead atoms. The quantitative estimate of drug-likeness (QED) is 0.744. The fraction of sp³-hybridized carbons (Fsp3) is 0.647. The number of fused-ring (bicyclic) bond motifs is 2. The lowest BCUT2D eigenvalue weighted by molar-refractivity contribution is 0.118. The van der Waals surface area contributed by atoms with Gasteiger partial charge in [0.2, 0.25) is 0 Å². The second-order valence-electron chi connectivity index (χ2n) is 6.48. The highest BCUT2D eigenvalue weighted by Crippen LogP contribution is 2.43. The smallest absolute Gasteiger partial charge is 0.119 e. The molecule has 2 aliphatic carbocycles. The molecule has 18 heavy (non-hydrogen) atoms. The summed E-state index contributed by atoms with van der Waals surface area (Å²) in [5.41, 5.74) is 1.38. The molecule has 1 unspecified atom stereocenters. The van der Waals surface area contributed by atoms with E-state index in [1.165, 1.54) is 37.7 Å². The van der Waals surface area contributed by atoms with Crippen LogP contribution in [0.15, 0.2) is 24.3 Å². The molecule has 1 aromatic carbocycles. The molecule has 0 amide bonds. The van der Waals surface area contributed by atoms with E-state index >= 15 is 0 Å². The van der Waals surface area contributed by atoms with Crippen LogP contribution in [0, 0.1) is 11.8 Å². The Hall–Kier alpha value is -0.980. The zero-order chi connectivity index (χ0) is 12.5. The SMILES string of the molecule is CC(C)c1cccc(OC2C[C@H]3CC[C@@H](C2)C3)c1. The van der Waals surface area contributed by atoms with Gasteiger partial charge in [-0.05, 0) is 54.7 Å². The van der Waals surface area contributed by atoms with E-state index in [0.29, 0.717) is 12.0 Å². The first-order valence-corrected chi connectivity index (χ1v) is 7.47. The van der Waals surface area contributed by atoms with E-state index in [9.17, 15) is 0 Å². The summed E-state index contributed by atoms with van der Waals surface area (Å²) < 4.78 is 6.23. The van der Waals surface area contributed by atoms with Gasteiger partial charge in [-0.1, -0.05) is 38.8 Å². The molecule has 0 aromatic heterocycles. The molecule has 3 atom stereocenters. The van der Waals surface area contributed by atoms with E-state index < -0.39 is 0 Å². The highest BCUT2D eigenvalue weighted by molar-refractivity contribution is 5.30. The van der Waals surface area contributed by atoms with Crippen molar-refractivity contribution in [1.82, 2.24) is 0 Å². The average Bonchev–Trinajstić information content (AvgIpc) is 2.69. The highest BCUT2D eigenvalue weighted by atomic mass is 16.5. The lowest BCUT2D eigenvalue weighted by atomic mass is 9.87. The third-order valence-electron chi connectivity index (χ3n) is 4.67. The van der Waals surface area contributed by atoms with E-state index in [4.69, 9.17) is 4.74 Å². The molecule has 0 saturated heterocycles. The first kappa shape index (κ1) is 12.1. The standard InChI is InChI=1S/C17H24O/c1-12(2)15-4-3-5-16(11-15)18-17-9-13-6-7-14(8-13)10-17/h3-5,11-14,17H,6-10H2,1-2H3/t13-,14+,17?. The van der Waals surface area contributed by atoms with Crippen molar-refractivity contribution in [2.45, 2.75) is 58.0 Å². The fourth-order valence-corrected chi connectivity index (χ4v) is 3.68. The van der Waals surface area contributed by atoms with Gasteiger partial charge in [0.05, 0.1) is 6.10 Å². The lowest BCUT2D eigenvalue weighted by Crippen LogP contribution is -2.26. The normalized spacial score (nSPS) is 30.7. The third-order valence-corrected chi connectivity index (χ3v) is 4.67. The van der Waals surface area contributed by atoms with Crippen molar-refractivity contribution in [3.05, 3.63) is 29.8 Å². The maximum Gasteiger partial charge on any atom is 0.119 e. The Balaban J connectivity index is 1.67. The minimum Gasteiger partial charge on any atom is -0.490 e. The van der Waals surface area contributed by atoms with Gasteiger partial charge in [-0.3, -0.25) is 0 Å². The van der Waals surface area contributed by atoms with Crippen LogP contribution in [0.2, 0.25) is 0 Å². The molecule has 1 nitrogen and oxygen atoms in total. The number of benzene rings is 1. The molecular weight excluding hydrogens is 220 g/mol. The average molecular weight is 244 g/mol. The van der Waals surface area contributed by atoms with Gasteiger partial charge in [0.1, 0.15) is 5.75 Å². The van der Waals surface area contributed by atoms with Crippen LogP contribution in [0.5, 0.6) is 5.75 Å². The van der Waals surface area contributed by atoms with Gasteiger partial charge in [0.15, 0.2) is 0 Å². The Kier molecular flexibility index (Phi) is 3.32. The van der Waals surface area contributed by atoms with Gasteiger partial charge >= 0.3 is 0 Å². The zero-order valence-electron chi connectivity index (χ0n) is 11.6. The molecule has 1 heteroatoms. The van der Waals surface area contributed by atoms with Crippen molar-refractivity contribution < 1.29 is 4.74 Å². The van der Waals surface area contributed by atoms with Crippen LogP contribution in [0.4, 0.5) is 0 Å². The molecule has 0 radical (unpaired) electrons. The van der Waals surface area contributed by atoms with Crippen LogP contribution in [-0.2, 0) is 0 Å². The second kappa shape index (κ2) is 4.95. The second-order valence-corrected chi connectivity index (χ2v) is 6.48. The van der Waals surface area contributed by atoms with Crippen molar-refractivity contribution in [3.8, 4) is 5.75 Å². The summed E-state index contributed by atoms with van der Waals surface area (Å²) in [6.07, 6.45) is 7.38. The van der Waals surface area contributed by atoms with E-state index in [1.807, 2.05) is 0 Å². The summed E-state index contributed by atoms with van der Waals surface area (Å²) in [5, 5.41) is 0. The van der Waals surface area contributed by atoms with Crippen molar-refractivity contribution in [2.75, 3.05) is 0 Å². The summed E-state index contributed by atoms with van der Waals surface area (Å²) in [7, 11) is 0. The molecule has 3 rings (SSSR count). The Morgan fingerprint density at radius 1 is 1.06 bits per heavy atom. The van der Waals surface area contributed by atoms with Gasteiger partial charge in [-0.25, -0.2) is 0 Å². The van der Waals surface area contributed by atoms with Crippen LogP contribution in [0.25, 0.3) is 0 Å². The molecule has 98 valence electrons. The van der Waals surface area contributed by atoms with E-state index in [2.05, 4.69) is 38.1 Å². The topological polar surface area (TPSA) is 9.23 Å². The number of ether oxygens (including phenoxy) is 1. The van der Waals surface area contributed by atoms with Gasteiger partial charge in [0.25, 0.3) is 0 Å². The number of hydrogen-bond donors (Lipinski definition) is 0. The molecular formula is C17H24O. The molecule has 0 N–H and O–H groups in total. The van der Waals surface area contributed by atoms with Crippen molar-refractivity contribution >= 4 is 0 Å². The van der Waals surface area contributed by atoms with Crippen LogP contribution in [0.1, 0.15) is 57.4 Å². The predicted octanol–water partition coefficient (Wildman–Crippen LogP) is 4.77. The maximum absolute atomic E-state index is 6.23. The van der Waals surface area contributed by atoms with Crippen LogP contribution in [-0.4, -0.2) is 6.10 Å². The maximum atomic E-state index is 6.23. The molecule has 0 heterocycles. The Labute approximate surface area is 111 Å². The van der Waals surface area contributed by atoms with Gasteiger partial charge in [-0.15, -0.1) is 0 Å². The van der Waals surface area contributed by atoms with E-state index in [0.717, 1.165) is 17.6 Å². The monoisotopic (exact) mass is 244 g/mol. The van der Waals surface area contributed by atoms with Gasteiger partial charge < -0.3 is 4.74 Å². The molecule has 2 fully saturated rings. The summed E-state index contributed by atoms with van der Waals surface area (Å²) >= 11 is 0. The van der Waals surface area contributed by atoms with Crippen LogP contribution in [0.3, 0.4) is 0 Å². The summed E-state index contributed by atoms with van der Waals surface area (Å²) in [4.78, 5) is 0. The van der Waals surface area contributed by atoms with Gasteiger partial charge in [-0.2, -0.15) is 0 Å². The van der Waals surface area contributed by atoms with E-state index in [1.54, 1.807) is 0 Å². The highest BCUT2D eigenvalue weighted by Gasteiger charge is 2.34. The Morgan fingerprint density at radius 3 is 2.44 bits per heavy atom. The molecule has 2 saturated carbocycles. The molecule has 2 aliphatic rings. The van der Waals surface area contributed by atoms with Crippen molar-refractivity contribution in [2.24, 2.45) is 11.8 Å². The zero-order valence-corrected chi connectivity index (χ0v) is 11.6. The summed E-state index contributed by atoms with van der Waals surface area (Å²) in [5.74, 6) is 3.55. The largest absolute Gasteiger partial charge is 0.490 e. The first-order chi connectivity index (χ1) is 8.70. The summed E-state index contributed by atoms with van der Waals surface area (Å²) in [6, 6.07) is 8.66. The van der Waals surface area contributed by atoms with E-state index in [-0.39, 0.29) is 0 Å². The van der Waals surface area contributed by atoms with Gasteiger partial charge in [0, 0.05) is 0 Å². The Morgan fingerprint density at radius 2 is 1.78 bits per heavy atom. The fourth-order valence-electron chi connectivity index (χ4n) is 3.68. The minimum absolute atomic E-state index is 0.471. The first-order valence-electron chi connectivity index (χ1n) is 7.47. The summed E-state index contributed by atoms with van der Waals surface area (Å²) in [6.45, 7) is 4.47. The third kappa shape index (κ3) is 2.55.